The van der Waals surface area contributed by atoms with Crippen LogP contribution >= 0.6 is 11.3 Å². The molecule has 0 amide bonds. The van der Waals surface area contributed by atoms with Crippen LogP contribution in [0.1, 0.15) is 23.6 Å². The molecule has 1 aliphatic rings. The summed E-state index contributed by atoms with van der Waals surface area (Å²) in [4.78, 5) is 11.4. The second-order valence-electron chi connectivity index (χ2n) is 7.04. The fourth-order valence-corrected chi connectivity index (χ4v) is 4.43. The summed E-state index contributed by atoms with van der Waals surface area (Å²) in [6.45, 7) is 4.65. The number of rotatable bonds is 4. The summed E-state index contributed by atoms with van der Waals surface area (Å²) in [6, 6.07) is 16.5. The Balaban J connectivity index is 1.55. The Morgan fingerprint density at radius 3 is 2.83 bits per heavy atom. The summed E-state index contributed by atoms with van der Waals surface area (Å²) >= 11 is 1.59. The number of nitrogens with zero attached hydrogens (tertiary/aromatic N) is 4. The van der Waals surface area contributed by atoms with E-state index in [4.69, 9.17) is 10.2 Å². The molecule has 0 atom stereocenters. The summed E-state index contributed by atoms with van der Waals surface area (Å²) in [6.07, 6.45) is 0.963. The highest BCUT2D eigenvalue weighted by Crippen LogP contribution is 2.33. The molecule has 3 aromatic rings. The average molecular weight is 417 g/mol. The van der Waals surface area contributed by atoms with Crippen LogP contribution in [0.25, 0.3) is 11.3 Å². The molecule has 0 unspecified atom stereocenters. The number of fused-ring (bicyclic) bond motifs is 1. The molecule has 2 heterocycles. The van der Waals surface area contributed by atoms with Gasteiger partial charge in [0.15, 0.2) is 11.1 Å². The Morgan fingerprint density at radius 2 is 2.10 bits per heavy atom. The zero-order valence-electron chi connectivity index (χ0n) is 17.1. The van der Waals surface area contributed by atoms with Gasteiger partial charge in [-0.2, -0.15) is 5.26 Å². The monoisotopic (exact) mass is 416 g/mol. The molecule has 0 aliphatic carbocycles. The van der Waals surface area contributed by atoms with Crippen molar-refractivity contribution in [2.24, 2.45) is 4.99 Å². The highest BCUT2D eigenvalue weighted by Gasteiger charge is 2.20. The van der Waals surface area contributed by atoms with Gasteiger partial charge in [-0.05, 0) is 48.7 Å². The smallest absolute Gasteiger partial charge is 0.197 e. The molecule has 6 nitrogen and oxygen atoms in total. The van der Waals surface area contributed by atoms with E-state index in [1.807, 2.05) is 31.2 Å². The van der Waals surface area contributed by atoms with Gasteiger partial charge < -0.3 is 15.5 Å². The van der Waals surface area contributed by atoms with Gasteiger partial charge in [0.05, 0.1) is 17.3 Å². The number of hydrogen-bond acceptors (Lipinski definition) is 5. The lowest BCUT2D eigenvalue weighted by Crippen LogP contribution is -2.30. The van der Waals surface area contributed by atoms with Crippen molar-refractivity contribution in [3.05, 3.63) is 64.5 Å². The molecule has 0 saturated carbocycles. The molecule has 0 spiro atoms. The Labute approximate surface area is 180 Å². The number of aromatic nitrogens is 1. The zero-order valence-corrected chi connectivity index (χ0v) is 18.0. The predicted molar refractivity (Wildman–Crippen MR) is 124 cm³/mol. The van der Waals surface area contributed by atoms with Crippen molar-refractivity contribution >= 4 is 28.1 Å². The van der Waals surface area contributed by atoms with E-state index in [-0.39, 0.29) is 0 Å². The molecule has 1 aliphatic heterocycles. The summed E-state index contributed by atoms with van der Waals surface area (Å²) < 4.78 is 0. The van der Waals surface area contributed by atoms with Crippen molar-refractivity contribution in [2.45, 2.75) is 19.9 Å². The van der Waals surface area contributed by atoms with Gasteiger partial charge in [-0.25, -0.2) is 4.98 Å². The molecular weight excluding hydrogens is 392 g/mol. The van der Waals surface area contributed by atoms with Crippen LogP contribution in [-0.2, 0) is 13.0 Å². The Morgan fingerprint density at radius 1 is 1.27 bits per heavy atom. The largest absolute Gasteiger partial charge is 0.367 e. The van der Waals surface area contributed by atoms with Gasteiger partial charge in [0.25, 0.3) is 0 Å². The van der Waals surface area contributed by atoms with E-state index in [1.54, 1.807) is 18.4 Å². The van der Waals surface area contributed by atoms with E-state index in [9.17, 15) is 0 Å². The van der Waals surface area contributed by atoms with E-state index in [2.05, 4.69) is 50.2 Å². The van der Waals surface area contributed by atoms with Crippen molar-refractivity contribution in [1.29, 1.82) is 5.26 Å². The van der Waals surface area contributed by atoms with Crippen LogP contribution in [0.2, 0.25) is 0 Å². The third-order valence-corrected chi connectivity index (χ3v) is 5.96. The van der Waals surface area contributed by atoms with Crippen molar-refractivity contribution < 1.29 is 0 Å². The summed E-state index contributed by atoms with van der Waals surface area (Å²) in [5, 5.41) is 18.4. The number of benzene rings is 2. The first kappa shape index (κ1) is 19.9. The van der Waals surface area contributed by atoms with Crippen LogP contribution in [0.15, 0.2) is 52.8 Å². The van der Waals surface area contributed by atoms with Gasteiger partial charge in [-0.15, -0.1) is 11.3 Å². The van der Waals surface area contributed by atoms with Crippen molar-refractivity contribution in [3.8, 4) is 17.3 Å². The van der Waals surface area contributed by atoms with E-state index in [0.29, 0.717) is 5.56 Å². The van der Waals surface area contributed by atoms with Gasteiger partial charge in [0.2, 0.25) is 0 Å². The standard InChI is InChI=1S/C23H24N6S/c1-3-26-22(25-2)28-23-27-21(15-30-23)20-6-4-5-17-14-29(12-11-19(17)20)18-9-7-16(13-24)8-10-18/h4-10,15H,3,11-12,14H2,1-2H3,(H2,25,26,27,28). The molecule has 4 rings (SSSR count). The number of thiazole rings is 1. The summed E-state index contributed by atoms with van der Waals surface area (Å²) in [5.74, 6) is 0.728. The van der Waals surface area contributed by atoms with Gasteiger partial charge in [-0.1, -0.05) is 18.2 Å². The number of hydrogen-bond donors (Lipinski definition) is 2. The van der Waals surface area contributed by atoms with Crippen LogP contribution in [0.3, 0.4) is 0 Å². The molecule has 0 bridgehead atoms. The van der Waals surface area contributed by atoms with E-state index < -0.39 is 0 Å². The maximum absolute atomic E-state index is 9.02. The maximum atomic E-state index is 9.02. The lowest BCUT2D eigenvalue weighted by molar-refractivity contribution is 0.733. The van der Waals surface area contributed by atoms with Crippen LogP contribution in [-0.4, -0.2) is 31.1 Å². The lowest BCUT2D eigenvalue weighted by Gasteiger charge is -2.31. The molecule has 30 heavy (non-hydrogen) atoms. The lowest BCUT2D eigenvalue weighted by atomic mass is 9.93. The summed E-state index contributed by atoms with van der Waals surface area (Å²) in [7, 11) is 1.76. The number of anilines is 2. The molecule has 2 aromatic carbocycles. The third kappa shape index (κ3) is 4.14. The number of nitriles is 1. The quantitative estimate of drug-likeness (QED) is 0.491. The fourth-order valence-electron chi connectivity index (χ4n) is 3.72. The number of nitrogens with one attached hydrogen (secondary N) is 2. The second kappa shape index (κ2) is 8.97. The highest BCUT2D eigenvalue weighted by molar-refractivity contribution is 7.14. The molecule has 1 aromatic heterocycles. The van der Waals surface area contributed by atoms with Gasteiger partial charge in [0, 0.05) is 43.3 Å². The van der Waals surface area contributed by atoms with Crippen LogP contribution in [0.5, 0.6) is 0 Å². The first-order chi connectivity index (χ1) is 14.7. The molecule has 0 saturated heterocycles. The average Bonchev–Trinajstić information content (AvgIpc) is 3.26. The van der Waals surface area contributed by atoms with E-state index in [1.165, 1.54) is 16.7 Å². The minimum atomic E-state index is 0.691. The van der Waals surface area contributed by atoms with Crippen LogP contribution in [0.4, 0.5) is 10.8 Å². The molecule has 0 radical (unpaired) electrons. The van der Waals surface area contributed by atoms with Crippen molar-refractivity contribution in [1.82, 2.24) is 10.3 Å². The van der Waals surface area contributed by atoms with Crippen LogP contribution < -0.4 is 15.5 Å². The van der Waals surface area contributed by atoms with E-state index in [0.717, 1.165) is 48.5 Å². The first-order valence-corrected chi connectivity index (χ1v) is 10.9. The topological polar surface area (TPSA) is 76.3 Å². The number of aliphatic imine (C=N–C) groups is 1. The minimum Gasteiger partial charge on any atom is -0.367 e. The number of guanidine groups is 1. The van der Waals surface area contributed by atoms with Gasteiger partial charge in [-0.3, -0.25) is 4.99 Å². The van der Waals surface area contributed by atoms with Gasteiger partial charge >= 0.3 is 0 Å². The highest BCUT2D eigenvalue weighted by atomic mass is 32.1. The maximum Gasteiger partial charge on any atom is 0.197 e. The molecular formula is C23H24N6S. The second-order valence-corrected chi connectivity index (χ2v) is 7.90. The fraction of sp³-hybridized carbons (Fsp3) is 0.261. The van der Waals surface area contributed by atoms with Crippen LogP contribution in [0, 0.1) is 11.3 Å². The molecule has 7 heteroatoms. The van der Waals surface area contributed by atoms with Crippen molar-refractivity contribution in [2.75, 3.05) is 30.4 Å². The minimum absolute atomic E-state index is 0.691. The zero-order chi connectivity index (χ0) is 20.9. The SMILES string of the molecule is CCNC(=NC)Nc1nc(-c2cccc3c2CCN(c2ccc(C#N)cc2)C3)cs1. The molecule has 0 fully saturated rings. The molecule has 2 N–H and O–H groups in total. The normalized spacial score (nSPS) is 13.5. The third-order valence-electron chi connectivity index (χ3n) is 5.20. The first-order valence-electron chi connectivity index (χ1n) is 10.0. The Kier molecular flexibility index (Phi) is 5.96. The Hall–Kier alpha value is -3.37. The van der Waals surface area contributed by atoms with Crippen molar-refractivity contribution in [3.63, 3.8) is 0 Å². The van der Waals surface area contributed by atoms with Gasteiger partial charge in [0.1, 0.15) is 0 Å². The Bertz CT molecular complexity index is 1090. The van der Waals surface area contributed by atoms with E-state index >= 15 is 0 Å². The summed E-state index contributed by atoms with van der Waals surface area (Å²) in [5.41, 5.74) is 6.74. The predicted octanol–water partition coefficient (Wildman–Crippen LogP) is 4.25. The molecule has 152 valence electrons.